The van der Waals surface area contributed by atoms with Gasteiger partial charge in [0.1, 0.15) is 0 Å². The largest absolute Gasteiger partial charge is 0.872 e. The summed E-state index contributed by atoms with van der Waals surface area (Å²) in [5.74, 6) is 0.0314. The molecule has 0 atom stereocenters. The lowest BCUT2D eigenvalue weighted by atomic mass is 10.1. The van der Waals surface area contributed by atoms with E-state index in [0.29, 0.717) is 0 Å². The summed E-state index contributed by atoms with van der Waals surface area (Å²) in [7, 11) is 0. The van der Waals surface area contributed by atoms with E-state index < -0.39 is 0 Å². The summed E-state index contributed by atoms with van der Waals surface area (Å²) in [5.41, 5.74) is 3.27. The highest BCUT2D eigenvalue weighted by atomic mass is 16.3. The Hall–Kier alpha value is -2.87. The van der Waals surface area contributed by atoms with Crippen molar-refractivity contribution in [3.05, 3.63) is 78.9 Å². The molecule has 3 aromatic carbocycles. The van der Waals surface area contributed by atoms with Crippen molar-refractivity contribution >= 4 is 21.8 Å². The van der Waals surface area contributed by atoms with E-state index in [1.165, 1.54) is 10.8 Å². The van der Waals surface area contributed by atoms with Gasteiger partial charge in [0.05, 0.1) is 0 Å². The molecule has 0 aliphatic heterocycles. The summed E-state index contributed by atoms with van der Waals surface area (Å²) in [4.78, 5) is 0. The molecule has 0 N–H and O–H groups in total. The summed E-state index contributed by atoms with van der Waals surface area (Å²) < 4.78 is 2.20. The van der Waals surface area contributed by atoms with Crippen molar-refractivity contribution in [2.24, 2.45) is 0 Å². The lowest BCUT2D eigenvalue weighted by molar-refractivity contribution is -0.538. The van der Waals surface area contributed by atoms with Gasteiger partial charge in [0.25, 0.3) is 0 Å². The maximum absolute atomic E-state index is 11.4. The molecule has 0 spiro atoms. The lowest BCUT2D eigenvalue weighted by Gasteiger charge is -2.07. The van der Waals surface area contributed by atoms with E-state index in [-0.39, 0.29) is 5.75 Å². The highest BCUT2D eigenvalue weighted by Gasteiger charge is 2.16. The molecule has 1 aromatic heterocycles. The second kappa shape index (κ2) is 4.60. The zero-order chi connectivity index (χ0) is 14.2. The summed E-state index contributed by atoms with van der Waals surface area (Å²) in [6, 6.07) is 25.8. The SMILES string of the molecule is [O-]c1ccc(-[n+]2c3ccccc3cc3ccccc32)cc1. The minimum atomic E-state index is 0.0314. The molecule has 21 heavy (non-hydrogen) atoms. The molecule has 1 heterocycles. The monoisotopic (exact) mass is 271 g/mol. The molecule has 0 saturated heterocycles. The second-order valence-electron chi connectivity index (χ2n) is 5.09. The van der Waals surface area contributed by atoms with Gasteiger partial charge in [0.2, 0.25) is 16.7 Å². The van der Waals surface area contributed by atoms with Crippen molar-refractivity contribution in [1.82, 2.24) is 0 Å². The van der Waals surface area contributed by atoms with Gasteiger partial charge in [-0.3, -0.25) is 0 Å². The molecule has 0 unspecified atom stereocenters. The van der Waals surface area contributed by atoms with Crippen molar-refractivity contribution < 1.29 is 9.67 Å². The third-order valence-electron chi connectivity index (χ3n) is 3.76. The van der Waals surface area contributed by atoms with Crippen LogP contribution in [0.4, 0.5) is 0 Å². The molecule has 4 aromatic rings. The van der Waals surface area contributed by atoms with Crippen molar-refractivity contribution in [1.29, 1.82) is 0 Å². The highest BCUT2D eigenvalue weighted by molar-refractivity contribution is 5.89. The van der Waals surface area contributed by atoms with Crippen LogP contribution in [-0.4, -0.2) is 0 Å². The normalized spacial score (nSPS) is 11.0. The van der Waals surface area contributed by atoms with E-state index in [9.17, 15) is 5.11 Å². The summed E-state index contributed by atoms with van der Waals surface area (Å²) in [5, 5.41) is 13.7. The summed E-state index contributed by atoms with van der Waals surface area (Å²) >= 11 is 0. The predicted octanol–water partition coefficient (Wildman–Crippen LogP) is 3.34. The van der Waals surface area contributed by atoms with Gasteiger partial charge in [0, 0.05) is 35.0 Å². The first-order chi connectivity index (χ1) is 10.3. The number of benzene rings is 3. The van der Waals surface area contributed by atoms with Gasteiger partial charge in [-0.15, -0.1) is 5.75 Å². The fourth-order valence-corrected chi connectivity index (χ4v) is 2.80. The maximum atomic E-state index is 11.4. The molecule has 0 aliphatic rings. The summed E-state index contributed by atoms with van der Waals surface area (Å²) in [6.45, 7) is 0. The van der Waals surface area contributed by atoms with Crippen LogP contribution >= 0.6 is 0 Å². The number of aromatic nitrogens is 1. The molecule has 0 bridgehead atoms. The zero-order valence-electron chi connectivity index (χ0n) is 11.4. The van der Waals surface area contributed by atoms with Gasteiger partial charge < -0.3 is 5.11 Å². The van der Waals surface area contributed by atoms with E-state index in [2.05, 4.69) is 34.9 Å². The third-order valence-corrected chi connectivity index (χ3v) is 3.76. The first kappa shape index (κ1) is 11.9. The average molecular weight is 271 g/mol. The number of hydrogen-bond acceptors (Lipinski definition) is 1. The van der Waals surface area contributed by atoms with Crippen LogP contribution in [0.3, 0.4) is 0 Å². The Bertz CT molecular complexity index is 888. The molecule has 0 aliphatic carbocycles. The minimum Gasteiger partial charge on any atom is -0.872 e. The van der Waals surface area contributed by atoms with Crippen LogP contribution in [0.5, 0.6) is 5.75 Å². The number of para-hydroxylation sites is 2. The Morgan fingerprint density at radius 3 is 1.71 bits per heavy atom. The Morgan fingerprint density at radius 1 is 0.619 bits per heavy atom. The van der Waals surface area contributed by atoms with Crippen molar-refractivity contribution in [3.63, 3.8) is 0 Å². The van der Waals surface area contributed by atoms with E-state index in [1.54, 1.807) is 12.1 Å². The number of rotatable bonds is 1. The van der Waals surface area contributed by atoms with Gasteiger partial charge in [-0.25, -0.2) is 0 Å². The van der Waals surface area contributed by atoms with Gasteiger partial charge in [-0.05, 0) is 18.2 Å². The fraction of sp³-hybridized carbons (Fsp3) is 0. The maximum Gasteiger partial charge on any atom is 0.219 e. The topological polar surface area (TPSA) is 26.9 Å². The zero-order valence-corrected chi connectivity index (χ0v) is 11.4. The summed E-state index contributed by atoms with van der Waals surface area (Å²) in [6.07, 6.45) is 0. The van der Waals surface area contributed by atoms with Crippen molar-refractivity contribution in [2.75, 3.05) is 0 Å². The quantitative estimate of drug-likeness (QED) is 0.385. The lowest BCUT2D eigenvalue weighted by Crippen LogP contribution is -2.32. The van der Waals surface area contributed by atoms with Crippen molar-refractivity contribution in [2.45, 2.75) is 0 Å². The molecule has 100 valence electrons. The number of pyridine rings is 1. The highest BCUT2D eigenvalue weighted by Crippen LogP contribution is 2.20. The van der Waals surface area contributed by atoms with Crippen LogP contribution in [0.2, 0.25) is 0 Å². The predicted molar refractivity (Wildman–Crippen MR) is 82.4 cm³/mol. The first-order valence-electron chi connectivity index (χ1n) is 6.93. The first-order valence-corrected chi connectivity index (χ1v) is 6.93. The third kappa shape index (κ3) is 1.93. The van der Waals surface area contributed by atoms with Crippen LogP contribution < -0.4 is 9.67 Å². The van der Waals surface area contributed by atoms with Crippen LogP contribution in [0.1, 0.15) is 0 Å². The molecular formula is C19H13NO. The van der Waals surface area contributed by atoms with E-state index >= 15 is 0 Å². The van der Waals surface area contributed by atoms with Crippen LogP contribution in [0.25, 0.3) is 27.5 Å². The molecule has 0 fully saturated rings. The molecule has 2 nitrogen and oxygen atoms in total. The van der Waals surface area contributed by atoms with Crippen LogP contribution in [0, 0.1) is 0 Å². The molecule has 0 saturated carbocycles. The van der Waals surface area contributed by atoms with E-state index in [1.807, 2.05) is 36.4 Å². The Morgan fingerprint density at radius 2 is 1.14 bits per heavy atom. The van der Waals surface area contributed by atoms with Crippen LogP contribution in [-0.2, 0) is 0 Å². The fourth-order valence-electron chi connectivity index (χ4n) is 2.80. The molecule has 0 amide bonds. The number of nitrogens with zero attached hydrogens (tertiary/aromatic N) is 1. The second-order valence-corrected chi connectivity index (χ2v) is 5.09. The molecule has 4 rings (SSSR count). The van der Waals surface area contributed by atoms with Gasteiger partial charge >= 0.3 is 0 Å². The van der Waals surface area contributed by atoms with Crippen LogP contribution in [0.15, 0.2) is 78.9 Å². The average Bonchev–Trinajstić information content (AvgIpc) is 2.53. The number of hydrogen-bond donors (Lipinski definition) is 0. The Labute approximate surface area is 122 Å². The molecule has 2 heteroatoms. The Kier molecular flexibility index (Phi) is 2.61. The van der Waals surface area contributed by atoms with Gasteiger partial charge in [0.15, 0.2) is 0 Å². The smallest absolute Gasteiger partial charge is 0.219 e. The minimum absolute atomic E-state index is 0.0314. The van der Waals surface area contributed by atoms with Crippen molar-refractivity contribution in [3.8, 4) is 11.4 Å². The molecule has 0 radical (unpaired) electrons. The Balaban J connectivity index is 2.18. The van der Waals surface area contributed by atoms with Gasteiger partial charge in [-0.2, -0.15) is 4.57 Å². The van der Waals surface area contributed by atoms with E-state index in [0.717, 1.165) is 16.7 Å². The number of fused-ring (bicyclic) bond motifs is 2. The molecular weight excluding hydrogens is 258 g/mol. The van der Waals surface area contributed by atoms with E-state index in [4.69, 9.17) is 0 Å². The van der Waals surface area contributed by atoms with Gasteiger partial charge in [-0.1, -0.05) is 36.4 Å². The standard InChI is InChI=1S/C19H13NO/c21-17-11-9-16(10-12-17)20-18-7-3-1-5-14(18)13-15-6-2-4-8-19(15)20/h1-13H.